The number of aromatic amines is 2. The number of H-pyrrole nitrogens is 2. The Bertz CT molecular complexity index is 1520. The van der Waals surface area contributed by atoms with Crippen molar-refractivity contribution in [2.45, 2.75) is 0 Å². The van der Waals surface area contributed by atoms with E-state index in [2.05, 4.69) is 50.2 Å². The molecule has 0 bridgehead atoms. The summed E-state index contributed by atoms with van der Waals surface area (Å²) >= 11 is 18.9. The summed E-state index contributed by atoms with van der Waals surface area (Å²) in [6, 6.07) is 6.07. The van der Waals surface area contributed by atoms with E-state index in [9.17, 15) is 25.9 Å². The quantitative estimate of drug-likeness (QED) is 0.150. The van der Waals surface area contributed by atoms with Crippen LogP contribution in [0, 0.1) is 0 Å². The first-order valence-corrected chi connectivity index (χ1v) is 13.1. The summed E-state index contributed by atoms with van der Waals surface area (Å²) in [6.07, 6.45) is 0. The van der Waals surface area contributed by atoms with Gasteiger partial charge >= 0.3 is 59.1 Å². The molecular weight excluding hydrogens is 689 g/mol. The van der Waals surface area contributed by atoms with Gasteiger partial charge in [-0.15, -0.1) is 0 Å². The number of hydrogen-bond donors (Lipinski definition) is 2. The van der Waals surface area contributed by atoms with Gasteiger partial charge in [-0.1, -0.05) is 23.2 Å². The molecule has 0 aliphatic heterocycles. The molecule has 170 valence electrons. The van der Waals surface area contributed by atoms with Crippen LogP contribution in [0.4, 0.5) is 0 Å². The maximum atomic E-state index is 11.4. The number of nitrogens with one attached hydrogen (secondary N) is 2. The molecule has 0 fully saturated rings. The van der Waals surface area contributed by atoms with Crippen molar-refractivity contribution in [1.29, 1.82) is 0 Å². The van der Waals surface area contributed by atoms with Crippen LogP contribution in [0.1, 0.15) is 0 Å². The number of aromatic nitrogens is 2. The zero-order chi connectivity index (χ0) is 23.6. The fourth-order valence-electron chi connectivity index (χ4n) is 3.11. The van der Waals surface area contributed by atoms with Crippen LogP contribution in [-0.2, 0) is 20.8 Å². The van der Waals surface area contributed by atoms with Crippen molar-refractivity contribution in [1.82, 2.24) is 9.97 Å². The molecule has 0 atom stereocenters. The maximum absolute atomic E-state index is 11.4. The average molecular weight is 695 g/mol. The van der Waals surface area contributed by atoms with Crippen LogP contribution in [0.25, 0.3) is 33.2 Å². The van der Waals surface area contributed by atoms with Crippen molar-refractivity contribution in [3.8, 4) is 22.9 Å². The van der Waals surface area contributed by atoms with Gasteiger partial charge in [0.25, 0.3) is 20.8 Å². The molecule has 0 radical (unpaired) electrons. The first-order chi connectivity index (χ1) is 14.8. The monoisotopic (exact) mass is 692 g/mol. The smallest absolute Gasteiger partial charge is 0.716 e. The Balaban J connectivity index is 0.00000204. The Labute approximate surface area is 263 Å². The van der Waals surface area contributed by atoms with Gasteiger partial charge in [0.15, 0.2) is 11.5 Å². The van der Waals surface area contributed by atoms with E-state index in [1.54, 1.807) is 12.1 Å². The SMILES string of the molecule is O=S(=O)([O-])Oc1c(-c2[nH]c3ccc(Br)c(Cl)c3c2OS(=O)(=O)[O-])[nH]c2ccc(Br)c(Cl)c12.[Na+].[Na+]. The van der Waals surface area contributed by atoms with Crippen LogP contribution in [0.2, 0.25) is 10.0 Å². The molecule has 10 nitrogen and oxygen atoms in total. The van der Waals surface area contributed by atoms with E-state index in [1.807, 2.05) is 0 Å². The minimum absolute atomic E-state index is 0. The maximum Gasteiger partial charge on any atom is 1.00 e. The summed E-state index contributed by atoms with van der Waals surface area (Å²) in [5.41, 5.74) is -0.00893. The van der Waals surface area contributed by atoms with Gasteiger partial charge in [0.2, 0.25) is 0 Å². The average Bonchev–Trinajstić information content (AvgIpc) is 3.18. The van der Waals surface area contributed by atoms with Crippen molar-refractivity contribution in [3.05, 3.63) is 43.3 Å². The Kier molecular flexibility index (Phi) is 10.00. The summed E-state index contributed by atoms with van der Waals surface area (Å²) < 4.78 is 78.7. The van der Waals surface area contributed by atoms with E-state index in [1.165, 1.54) is 12.1 Å². The molecule has 0 aliphatic carbocycles. The Morgan fingerprint density at radius 3 is 1.32 bits per heavy atom. The summed E-state index contributed by atoms with van der Waals surface area (Å²) in [5, 5.41) is -0.00596. The minimum Gasteiger partial charge on any atom is -0.716 e. The largest absolute Gasteiger partial charge is 1.00 e. The second-order valence-electron chi connectivity index (χ2n) is 6.21. The van der Waals surface area contributed by atoms with Crippen LogP contribution in [0.15, 0.2) is 33.2 Å². The molecule has 4 rings (SSSR count). The number of rotatable bonds is 5. The third kappa shape index (κ3) is 6.13. The van der Waals surface area contributed by atoms with Gasteiger partial charge in [-0.2, -0.15) is 0 Å². The molecule has 0 spiro atoms. The normalized spacial score (nSPS) is 11.8. The summed E-state index contributed by atoms with van der Waals surface area (Å²) in [4.78, 5) is 5.59. The zero-order valence-corrected chi connectivity index (χ0v) is 27.2. The summed E-state index contributed by atoms with van der Waals surface area (Å²) in [5.74, 6) is -1.09. The number of benzene rings is 2. The van der Waals surface area contributed by atoms with Crippen LogP contribution in [0.5, 0.6) is 11.5 Å². The predicted octanol–water partition coefficient (Wildman–Crippen LogP) is -1.17. The Hall–Kier alpha value is 0.480. The fourth-order valence-corrected chi connectivity index (χ4v) is 5.01. The van der Waals surface area contributed by atoms with E-state index >= 15 is 0 Å². The fraction of sp³-hybridized carbons (Fsp3) is 0. The first-order valence-electron chi connectivity index (χ1n) is 8.07. The van der Waals surface area contributed by atoms with Crippen LogP contribution >= 0.6 is 55.1 Å². The van der Waals surface area contributed by atoms with Crippen molar-refractivity contribution < 1.29 is 93.4 Å². The second-order valence-corrected chi connectivity index (χ2v) is 10.6. The number of hydrogen-bond acceptors (Lipinski definition) is 8. The minimum atomic E-state index is -5.30. The van der Waals surface area contributed by atoms with Crippen molar-refractivity contribution >= 4 is 97.7 Å². The van der Waals surface area contributed by atoms with Crippen LogP contribution < -0.4 is 67.5 Å². The van der Waals surface area contributed by atoms with Gasteiger partial charge in [0.1, 0.15) is 11.4 Å². The van der Waals surface area contributed by atoms with Gasteiger partial charge in [-0.3, -0.25) is 0 Å². The van der Waals surface area contributed by atoms with E-state index in [0.29, 0.717) is 8.95 Å². The number of halogens is 4. The Morgan fingerprint density at radius 1 is 0.706 bits per heavy atom. The van der Waals surface area contributed by atoms with E-state index in [4.69, 9.17) is 23.2 Å². The molecule has 0 saturated heterocycles. The summed E-state index contributed by atoms with van der Waals surface area (Å²) in [6.45, 7) is 0. The van der Waals surface area contributed by atoms with E-state index < -0.39 is 32.3 Å². The molecule has 0 unspecified atom stereocenters. The first kappa shape index (κ1) is 30.7. The second kappa shape index (κ2) is 11.1. The molecule has 0 saturated carbocycles. The molecular formula is C16H6Br2Cl2N2Na2O8S2. The van der Waals surface area contributed by atoms with E-state index in [-0.39, 0.29) is 102 Å². The molecule has 0 amide bonds. The van der Waals surface area contributed by atoms with Gasteiger partial charge in [-0.05, 0) is 56.1 Å². The van der Waals surface area contributed by atoms with E-state index in [0.717, 1.165) is 0 Å². The molecule has 4 aromatic rings. The molecule has 2 heterocycles. The molecule has 34 heavy (non-hydrogen) atoms. The Morgan fingerprint density at radius 2 is 1.03 bits per heavy atom. The predicted molar refractivity (Wildman–Crippen MR) is 122 cm³/mol. The van der Waals surface area contributed by atoms with Gasteiger partial charge < -0.3 is 27.4 Å². The van der Waals surface area contributed by atoms with Crippen LogP contribution in [-0.4, -0.2) is 35.9 Å². The van der Waals surface area contributed by atoms with Gasteiger partial charge in [-0.25, -0.2) is 16.8 Å². The van der Waals surface area contributed by atoms with Crippen LogP contribution in [0.3, 0.4) is 0 Å². The molecule has 2 aromatic carbocycles. The molecule has 2 aromatic heterocycles. The standard InChI is InChI=1S/C16H8Br2Cl2N2O8S2.2Na/c17-5-1-3-7-9(11(5)19)15(29-31(23,24)25)13(21-7)14-16(30-32(26,27)28)10-8(22-14)4-2-6(18)12(10)20;;/h1-4,21-22H,(H,23,24,25)(H,26,27,28);;/q;2*+1/p-2. The molecule has 0 aliphatic rings. The third-order valence-electron chi connectivity index (χ3n) is 4.24. The van der Waals surface area contributed by atoms with Gasteiger partial charge in [0.05, 0.1) is 31.9 Å². The zero-order valence-electron chi connectivity index (χ0n) is 16.9. The van der Waals surface area contributed by atoms with Crippen molar-refractivity contribution in [3.63, 3.8) is 0 Å². The molecule has 2 N–H and O–H groups in total. The number of fused-ring (bicyclic) bond motifs is 2. The van der Waals surface area contributed by atoms with Gasteiger partial charge in [0, 0.05) is 8.95 Å². The topological polar surface area (TPSA) is 164 Å². The molecule has 18 heteroatoms. The third-order valence-corrected chi connectivity index (χ3v) is 7.54. The summed E-state index contributed by atoms with van der Waals surface area (Å²) in [7, 11) is -10.6. The van der Waals surface area contributed by atoms with Crippen molar-refractivity contribution in [2.75, 3.05) is 0 Å². The van der Waals surface area contributed by atoms with Crippen molar-refractivity contribution in [2.24, 2.45) is 0 Å².